The zero-order chi connectivity index (χ0) is 32.4. The molecule has 0 atom stereocenters. The van der Waals surface area contributed by atoms with Gasteiger partial charge >= 0.3 is 0 Å². The van der Waals surface area contributed by atoms with Crippen LogP contribution in [0.15, 0.2) is 131 Å². The van der Waals surface area contributed by atoms with E-state index in [1.165, 1.54) is 36.4 Å². The van der Waals surface area contributed by atoms with Gasteiger partial charge in [0.05, 0.1) is 33.8 Å². The van der Waals surface area contributed by atoms with Gasteiger partial charge < -0.3 is 15.9 Å². The summed E-state index contributed by atoms with van der Waals surface area (Å²) in [4.78, 5) is -1.75. The Balaban J connectivity index is 1.59. The van der Waals surface area contributed by atoms with Crippen LogP contribution in [0.2, 0.25) is 0 Å². The Hall–Kier alpha value is -5.62. The van der Waals surface area contributed by atoms with E-state index < -0.39 is 52.8 Å². The SMILES string of the molecule is Nc1c(N=Nc2ccccc2)c(S(=O)(=O)O)cc2cc(S(=O)(=O)O)c(N=Nc3ccc(N=Nc4ccc(O)cc4)cc3)c(O)c12. The molecule has 6 N–H and O–H groups in total. The van der Waals surface area contributed by atoms with Gasteiger partial charge in [-0.05, 0) is 78.2 Å². The second-order valence-corrected chi connectivity index (χ2v) is 12.0. The van der Waals surface area contributed by atoms with E-state index in [4.69, 9.17) is 5.73 Å². The van der Waals surface area contributed by atoms with Crippen LogP contribution in [0.25, 0.3) is 10.8 Å². The van der Waals surface area contributed by atoms with Crippen molar-refractivity contribution in [3.63, 3.8) is 0 Å². The second-order valence-electron chi connectivity index (χ2n) is 9.23. The molecule has 0 fully saturated rings. The van der Waals surface area contributed by atoms with Gasteiger partial charge in [0.15, 0.2) is 5.75 Å². The molecule has 5 rings (SSSR count). The van der Waals surface area contributed by atoms with Crippen molar-refractivity contribution >= 4 is 70.8 Å². The van der Waals surface area contributed by atoms with E-state index in [2.05, 4.69) is 30.7 Å². The summed E-state index contributed by atoms with van der Waals surface area (Å²) in [5.41, 5.74) is 5.89. The molecule has 0 aromatic heterocycles. The lowest BCUT2D eigenvalue weighted by Crippen LogP contribution is -2.03. The van der Waals surface area contributed by atoms with E-state index in [1.54, 1.807) is 42.5 Å². The summed E-state index contributed by atoms with van der Waals surface area (Å²) in [5, 5.41) is 43.6. The van der Waals surface area contributed by atoms with Gasteiger partial charge in [-0.3, -0.25) is 9.11 Å². The number of azo groups is 3. The third-order valence-corrected chi connectivity index (χ3v) is 7.87. The number of nitrogens with zero attached hydrogens (tertiary/aromatic N) is 6. The number of hydrogen-bond acceptors (Lipinski definition) is 13. The summed E-state index contributed by atoms with van der Waals surface area (Å²) in [6.07, 6.45) is 0. The minimum absolute atomic E-state index is 0.0813. The van der Waals surface area contributed by atoms with Gasteiger partial charge in [-0.1, -0.05) is 18.2 Å². The number of nitrogen functional groups attached to an aromatic ring is 1. The largest absolute Gasteiger partial charge is 0.508 e. The molecule has 5 aromatic carbocycles. The van der Waals surface area contributed by atoms with Crippen LogP contribution in [0.1, 0.15) is 0 Å². The van der Waals surface area contributed by atoms with Crippen LogP contribution >= 0.6 is 0 Å². The first-order valence-corrected chi connectivity index (χ1v) is 15.5. The van der Waals surface area contributed by atoms with Crippen molar-refractivity contribution in [1.29, 1.82) is 0 Å². The topological polar surface area (TPSA) is 249 Å². The number of fused-ring (bicyclic) bond motifs is 1. The molecule has 17 heteroatoms. The fourth-order valence-corrected chi connectivity index (χ4v) is 5.36. The number of aromatic hydroxyl groups is 2. The van der Waals surface area contributed by atoms with Crippen LogP contribution in [0.4, 0.5) is 39.8 Å². The molecule has 15 nitrogen and oxygen atoms in total. The highest BCUT2D eigenvalue weighted by Crippen LogP contribution is 2.48. The Morgan fingerprint density at radius 2 is 0.933 bits per heavy atom. The summed E-state index contributed by atoms with van der Waals surface area (Å²) in [7, 11) is -10.1. The van der Waals surface area contributed by atoms with E-state index in [9.17, 15) is 36.2 Å². The minimum atomic E-state index is -5.06. The predicted octanol–water partition coefficient (Wildman–Crippen LogP) is 7.57. The summed E-state index contributed by atoms with van der Waals surface area (Å²) in [6, 6.07) is 21.8. The molecule has 0 aliphatic heterocycles. The lowest BCUT2D eigenvalue weighted by atomic mass is 10.1. The highest BCUT2D eigenvalue weighted by molar-refractivity contribution is 7.86. The van der Waals surface area contributed by atoms with Crippen molar-refractivity contribution in [1.82, 2.24) is 0 Å². The maximum Gasteiger partial charge on any atom is 0.296 e. The highest BCUT2D eigenvalue weighted by Gasteiger charge is 2.28. The number of rotatable bonds is 8. The number of hydrogen-bond donors (Lipinski definition) is 5. The predicted molar refractivity (Wildman–Crippen MR) is 163 cm³/mol. The van der Waals surface area contributed by atoms with Crippen LogP contribution in [0, 0.1) is 0 Å². The summed E-state index contributed by atoms with van der Waals surface area (Å²) < 4.78 is 68.8. The van der Waals surface area contributed by atoms with Gasteiger partial charge in [0.2, 0.25) is 0 Å². The molecule has 0 amide bonds. The molecule has 0 saturated carbocycles. The van der Waals surface area contributed by atoms with E-state index in [1.807, 2.05) is 0 Å². The first-order chi connectivity index (χ1) is 21.3. The molecule has 0 aliphatic carbocycles. The number of benzene rings is 5. The molecular weight excluding hydrogens is 626 g/mol. The average molecular weight is 648 g/mol. The van der Waals surface area contributed by atoms with Gasteiger partial charge in [-0.15, -0.1) is 10.2 Å². The first-order valence-electron chi connectivity index (χ1n) is 12.6. The molecule has 0 heterocycles. The van der Waals surface area contributed by atoms with Crippen LogP contribution in [-0.2, 0) is 20.2 Å². The van der Waals surface area contributed by atoms with Gasteiger partial charge in [0.25, 0.3) is 20.2 Å². The standard InChI is InChI=1S/C28H21N7O8S2/c29-25-24-16(14-22(44(38,39)40)26(25)34-32-17-4-2-1-3-5-17)15-23(45(41,42)43)27(28(24)37)35-33-19-8-6-18(7-9-19)30-31-20-10-12-21(36)13-11-20/h1-15,36-37H,29H2,(H,38,39,40)(H,41,42,43). The molecule has 0 radical (unpaired) electrons. The molecule has 0 saturated heterocycles. The zero-order valence-electron chi connectivity index (χ0n) is 22.7. The second kappa shape index (κ2) is 12.2. The Kier molecular flexibility index (Phi) is 8.34. The zero-order valence-corrected chi connectivity index (χ0v) is 24.3. The fraction of sp³-hybridized carbons (Fsp3) is 0. The monoisotopic (exact) mass is 647 g/mol. The normalized spacial score (nSPS) is 12.6. The summed E-state index contributed by atoms with van der Waals surface area (Å²) in [5.74, 6) is -0.795. The smallest absolute Gasteiger partial charge is 0.296 e. The lowest BCUT2D eigenvalue weighted by Gasteiger charge is -2.14. The third-order valence-electron chi connectivity index (χ3n) is 6.14. The van der Waals surface area contributed by atoms with Crippen LogP contribution in [0.3, 0.4) is 0 Å². The number of nitrogens with two attached hydrogens (primary N) is 1. The third kappa shape index (κ3) is 6.97. The number of anilines is 1. The molecule has 45 heavy (non-hydrogen) atoms. The first kappa shape index (κ1) is 30.8. The molecular formula is C28H21N7O8S2. The summed E-state index contributed by atoms with van der Waals surface area (Å²) >= 11 is 0. The number of phenolic OH excluding ortho intramolecular Hbond substituents is 2. The van der Waals surface area contributed by atoms with Gasteiger partial charge in [-0.25, -0.2) is 0 Å². The van der Waals surface area contributed by atoms with Crippen LogP contribution < -0.4 is 5.73 Å². The van der Waals surface area contributed by atoms with Crippen molar-refractivity contribution in [2.45, 2.75) is 9.79 Å². The lowest BCUT2D eigenvalue weighted by molar-refractivity contribution is 0.472. The van der Waals surface area contributed by atoms with Gasteiger partial charge in [-0.2, -0.15) is 37.3 Å². The Morgan fingerprint density at radius 1 is 0.533 bits per heavy atom. The van der Waals surface area contributed by atoms with Gasteiger partial charge in [0, 0.05) is 0 Å². The highest BCUT2D eigenvalue weighted by atomic mass is 32.2. The molecule has 228 valence electrons. The van der Waals surface area contributed by atoms with E-state index in [0.29, 0.717) is 17.1 Å². The Morgan fingerprint density at radius 3 is 1.42 bits per heavy atom. The van der Waals surface area contributed by atoms with Crippen molar-refractivity contribution in [2.75, 3.05) is 5.73 Å². The Labute approximate surface area is 255 Å². The minimum Gasteiger partial charge on any atom is -0.508 e. The van der Waals surface area contributed by atoms with E-state index in [-0.39, 0.29) is 22.2 Å². The molecule has 0 spiro atoms. The van der Waals surface area contributed by atoms with Crippen molar-refractivity contribution < 1.29 is 36.2 Å². The maximum absolute atomic E-state index is 12.3. The van der Waals surface area contributed by atoms with Crippen LogP contribution in [0.5, 0.6) is 11.5 Å². The van der Waals surface area contributed by atoms with Gasteiger partial charge in [0.1, 0.15) is 26.9 Å². The molecule has 0 bridgehead atoms. The Bertz CT molecular complexity index is 2220. The quantitative estimate of drug-likeness (QED) is 0.0631. The average Bonchev–Trinajstić information content (AvgIpc) is 2.99. The summed E-state index contributed by atoms with van der Waals surface area (Å²) in [6.45, 7) is 0. The molecule has 5 aromatic rings. The van der Waals surface area contributed by atoms with Crippen molar-refractivity contribution in [2.24, 2.45) is 30.7 Å². The number of phenols is 2. The van der Waals surface area contributed by atoms with Crippen molar-refractivity contribution in [3.05, 3.63) is 91.0 Å². The maximum atomic E-state index is 12.3. The van der Waals surface area contributed by atoms with Crippen molar-refractivity contribution in [3.8, 4) is 11.5 Å². The van der Waals surface area contributed by atoms with E-state index >= 15 is 0 Å². The molecule has 0 aliphatic rings. The fourth-order valence-electron chi connectivity index (χ4n) is 4.04. The molecule has 0 unspecified atom stereocenters. The van der Waals surface area contributed by atoms with E-state index in [0.717, 1.165) is 12.1 Å². The van der Waals surface area contributed by atoms with Crippen LogP contribution in [-0.4, -0.2) is 36.2 Å².